The number of carbonyl (C=O) groups excluding carboxylic acids is 3. The van der Waals surface area contributed by atoms with Gasteiger partial charge in [0.1, 0.15) is 13.2 Å². The van der Waals surface area contributed by atoms with E-state index in [4.69, 9.17) is 4.74 Å². The first-order valence-corrected chi connectivity index (χ1v) is 9.02. The first-order chi connectivity index (χ1) is 11.6. The lowest BCUT2D eigenvalue weighted by molar-refractivity contribution is -0.133. The van der Waals surface area contributed by atoms with Crippen molar-refractivity contribution in [2.24, 2.45) is 5.92 Å². The predicted molar refractivity (Wildman–Crippen MR) is 88.9 cm³/mol. The quantitative estimate of drug-likeness (QED) is 0.864. The molecule has 1 aromatic rings. The van der Waals surface area contributed by atoms with Gasteiger partial charge in [-0.3, -0.25) is 14.5 Å². The van der Waals surface area contributed by atoms with E-state index in [1.165, 1.54) is 16.2 Å². The second kappa shape index (κ2) is 7.65. The van der Waals surface area contributed by atoms with E-state index >= 15 is 0 Å². The van der Waals surface area contributed by atoms with Gasteiger partial charge in [0.25, 0.3) is 5.91 Å². The number of rotatable bonds is 5. The van der Waals surface area contributed by atoms with Gasteiger partial charge in [-0.05, 0) is 30.2 Å². The second-order valence-electron chi connectivity index (χ2n) is 6.07. The number of hydrogen-bond donors (Lipinski definition) is 1. The Morgan fingerprint density at radius 3 is 2.96 bits per heavy atom. The Balaban J connectivity index is 1.46. The molecular formula is C16H21N3O4S. The zero-order valence-corrected chi connectivity index (χ0v) is 14.2. The summed E-state index contributed by atoms with van der Waals surface area (Å²) in [4.78, 5) is 39.7. The molecule has 0 saturated carbocycles. The molecule has 1 atom stereocenters. The maximum atomic E-state index is 12.4. The summed E-state index contributed by atoms with van der Waals surface area (Å²) in [5, 5.41) is 4.82. The van der Waals surface area contributed by atoms with Gasteiger partial charge in [-0.1, -0.05) is 6.07 Å². The Morgan fingerprint density at radius 2 is 2.25 bits per heavy atom. The van der Waals surface area contributed by atoms with Crippen LogP contribution in [0.3, 0.4) is 0 Å². The van der Waals surface area contributed by atoms with Gasteiger partial charge in [0, 0.05) is 19.6 Å². The Bertz CT molecular complexity index is 604. The molecule has 0 aromatic carbocycles. The zero-order chi connectivity index (χ0) is 16.9. The molecule has 1 N–H and O–H groups in total. The van der Waals surface area contributed by atoms with E-state index in [0.29, 0.717) is 37.7 Å². The molecule has 24 heavy (non-hydrogen) atoms. The van der Waals surface area contributed by atoms with Crippen LogP contribution in [-0.2, 0) is 9.53 Å². The molecule has 1 aromatic heterocycles. The van der Waals surface area contributed by atoms with Crippen molar-refractivity contribution in [2.75, 3.05) is 39.3 Å². The molecule has 2 fully saturated rings. The molecule has 2 saturated heterocycles. The molecule has 3 heterocycles. The number of nitrogens with one attached hydrogen (secondary N) is 1. The Labute approximate surface area is 144 Å². The van der Waals surface area contributed by atoms with Crippen LogP contribution in [0.1, 0.15) is 22.5 Å². The lowest BCUT2D eigenvalue weighted by atomic mass is 9.98. The van der Waals surface area contributed by atoms with Gasteiger partial charge in [-0.15, -0.1) is 11.3 Å². The summed E-state index contributed by atoms with van der Waals surface area (Å²) in [6.45, 7) is 2.78. The Hall–Kier alpha value is -2.09. The van der Waals surface area contributed by atoms with E-state index in [-0.39, 0.29) is 24.3 Å². The maximum absolute atomic E-state index is 12.4. The lowest BCUT2D eigenvalue weighted by Crippen LogP contribution is -2.47. The topological polar surface area (TPSA) is 79.0 Å². The third kappa shape index (κ3) is 4.05. The monoisotopic (exact) mass is 351 g/mol. The molecule has 130 valence electrons. The number of thiophene rings is 1. The van der Waals surface area contributed by atoms with Gasteiger partial charge in [0.2, 0.25) is 5.91 Å². The largest absolute Gasteiger partial charge is 0.448 e. The van der Waals surface area contributed by atoms with Gasteiger partial charge in [0.05, 0.1) is 11.4 Å². The van der Waals surface area contributed by atoms with Crippen LogP contribution >= 0.6 is 11.3 Å². The van der Waals surface area contributed by atoms with Crippen LogP contribution in [-0.4, -0.2) is 67.0 Å². The molecule has 8 heteroatoms. The van der Waals surface area contributed by atoms with Crippen LogP contribution in [0.25, 0.3) is 0 Å². The Morgan fingerprint density at radius 1 is 1.38 bits per heavy atom. The molecule has 7 nitrogen and oxygen atoms in total. The van der Waals surface area contributed by atoms with E-state index in [9.17, 15) is 14.4 Å². The summed E-state index contributed by atoms with van der Waals surface area (Å²) >= 11 is 1.42. The van der Waals surface area contributed by atoms with Crippen LogP contribution < -0.4 is 5.32 Å². The van der Waals surface area contributed by atoms with Crippen molar-refractivity contribution < 1.29 is 19.1 Å². The molecule has 0 radical (unpaired) electrons. The molecule has 2 aliphatic rings. The van der Waals surface area contributed by atoms with Gasteiger partial charge in [-0.2, -0.15) is 0 Å². The molecule has 3 rings (SSSR count). The van der Waals surface area contributed by atoms with Crippen molar-refractivity contribution in [3.05, 3.63) is 22.4 Å². The second-order valence-corrected chi connectivity index (χ2v) is 7.02. The highest BCUT2D eigenvalue weighted by molar-refractivity contribution is 7.12. The van der Waals surface area contributed by atoms with Crippen molar-refractivity contribution in [1.29, 1.82) is 0 Å². The first-order valence-electron chi connectivity index (χ1n) is 8.14. The highest BCUT2D eigenvalue weighted by atomic mass is 32.1. The molecule has 0 unspecified atom stereocenters. The van der Waals surface area contributed by atoms with Crippen molar-refractivity contribution >= 4 is 29.2 Å². The minimum atomic E-state index is -0.417. The minimum absolute atomic E-state index is 0.0527. The van der Waals surface area contributed by atoms with Crippen LogP contribution in [0.2, 0.25) is 0 Å². The summed E-state index contributed by atoms with van der Waals surface area (Å²) in [5.41, 5.74) is 0. The fourth-order valence-corrected chi connectivity index (χ4v) is 3.66. The predicted octanol–water partition coefficient (Wildman–Crippen LogP) is 1.17. The molecular weight excluding hydrogens is 330 g/mol. The van der Waals surface area contributed by atoms with Crippen molar-refractivity contribution in [1.82, 2.24) is 15.1 Å². The zero-order valence-electron chi connectivity index (χ0n) is 13.4. The number of piperidine rings is 1. The summed E-state index contributed by atoms with van der Waals surface area (Å²) in [6, 6.07) is 3.65. The molecule has 0 bridgehead atoms. The van der Waals surface area contributed by atoms with Crippen molar-refractivity contribution in [2.45, 2.75) is 12.8 Å². The molecule has 0 spiro atoms. The Kier molecular flexibility index (Phi) is 5.34. The first kappa shape index (κ1) is 16.8. The van der Waals surface area contributed by atoms with Gasteiger partial charge in [0.15, 0.2) is 0 Å². The fourth-order valence-electron chi connectivity index (χ4n) is 3.02. The number of ether oxygens (including phenoxy) is 1. The summed E-state index contributed by atoms with van der Waals surface area (Å²) in [7, 11) is 0. The van der Waals surface area contributed by atoms with Gasteiger partial charge in [-0.25, -0.2) is 4.79 Å². The summed E-state index contributed by atoms with van der Waals surface area (Å²) < 4.78 is 4.84. The van der Waals surface area contributed by atoms with E-state index in [1.807, 2.05) is 11.4 Å². The smallest absolute Gasteiger partial charge is 0.410 e. The molecule has 2 aliphatic heterocycles. The van der Waals surface area contributed by atoms with Crippen LogP contribution in [0.15, 0.2) is 17.5 Å². The summed E-state index contributed by atoms with van der Waals surface area (Å²) in [5.74, 6) is 0.133. The lowest BCUT2D eigenvalue weighted by Gasteiger charge is -2.33. The standard InChI is InChI=1S/C16H21N3O4S/c20-14(11-19-6-7-23-16(19)22)18-5-1-3-12(10-18)9-17-15(21)13-4-2-8-24-13/h2,4,8,12H,1,3,5-7,9-11H2,(H,17,21)/t12-/m1/s1. The number of amides is 3. The van der Waals surface area contributed by atoms with Gasteiger partial charge < -0.3 is 15.0 Å². The molecule has 0 aliphatic carbocycles. The van der Waals surface area contributed by atoms with Crippen LogP contribution in [0.4, 0.5) is 4.79 Å². The fraction of sp³-hybridized carbons (Fsp3) is 0.562. The average molecular weight is 351 g/mol. The van der Waals surface area contributed by atoms with Crippen LogP contribution in [0, 0.1) is 5.92 Å². The summed E-state index contributed by atoms with van der Waals surface area (Å²) in [6.07, 6.45) is 1.48. The van der Waals surface area contributed by atoms with E-state index in [1.54, 1.807) is 11.0 Å². The number of nitrogens with zero attached hydrogens (tertiary/aromatic N) is 2. The third-order valence-corrected chi connectivity index (χ3v) is 5.21. The highest BCUT2D eigenvalue weighted by Crippen LogP contribution is 2.17. The number of hydrogen-bond acceptors (Lipinski definition) is 5. The SMILES string of the molecule is O=C(NC[C@H]1CCCN(C(=O)CN2CCOC2=O)C1)c1cccs1. The maximum Gasteiger partial charge on any atom is 0.410 e. The van der Waals surface area contributed by atoms with E-state index in [2.05, 4.69) is 5.32 Å². The van der Waals surface area contributed by atoms with E-state index < -0.39 is 6.09 Å². The van der Waals surface area contributed by atoms with Crippen molar-refractivity contribution in [3.8, 4) is 0 Å². The van der Waals surface area contributed by atoms with Gasteiger partial charge >= 0.3 is 6.09 Å². The van der Waals surface area contributed by atoms with E-state index in [0.717, 1.165) is 12.8 Å². The normalized spacial score (nSPS) is 20.8. The molecule has 3 amide bonds. The number of likely N-dealkylation sites (tertiary alicyclic amines) is 1. The third-order valence-electron chi connectivity index (χ3n) is 4.34. The van der Waals surface area contributed by atoms with Crippen molar-refractivity contribution in [3.63, 3.8) is 0 Å². The van der Waals surface area contributed by atoms with Crippen LogP contribution in [0.5, 0.6) is 0 Å². The number of cyclic esters (lactones) is 1. The highest BCUT2D eigenvalue weighted by Gasteiger charge is 2.29. The average Bonchev–Trinajstić information content (AvgIpc) is 3.25. The minimum Gasteiger partial charge on any atom is -0.448 e. The number of carbonyl (C=O) groups is 3.